The zero-order valence-electron chi connectivity index (χ0n) is 12.4. The second kappa shape index (κ2) is 6.75. The Bertz CT molecular complexity index is 672. The lowest BCUT2D eigenvalue weighted by Gasteiger charge is -2.07. The first kappa shape index (κ1) is 14.9. The molecule has 0 heterocycles. The van der Waals surface area contributed by atoms with Crippen molar-refractivity contribution >= 4 is 11.9 Å². The lowest BCUT2D eigenvalue weighted by Crippen LogP contribution is -1.99. The second-order valence-corrected chi connectivity index (χ2v) is 4.68. The van der Waals surface area contributed by atoms with Gasteiger partial charge in [-0.25, -0.2) is 0 Å². The molecule has 0 N–H and O–H groups in total. The number of allylic oxidation sites excluding steroid dienone is 1. The van der Waals surface area contributed by atoms with Gasteiger partial charge in [-0.15, -0.1) is 0 Å². The highest BCUT2D eigenvalue weighted by molar-refractivity contribution is 6.08. The number of aryl methyl sites for hydroxylation is 1. The van der Waals surface area contributed by atoms with Gasteiger partial charge >= 0.3 is 0 Å². The number of carbonyl (C=O) groups is 1. The van der Waals surface area contributed by atoms with E-state index in [1.165, 1.54) is 0 Å². The molecule has 0 bridgehead atoms. The molecule has 2 aromatic carbocycles. The summed E-state index contributed by atoms with van der Waals surface area (Å²) in [4.78, 5) is 12.3. The van der Waals surface area contributed by atoms with E-state index in [0.29, 0.717) is 17.1 Å². The Morgan fingerprint density at radius 3 is 2.52 bits per heavy atom. The third kappa shape index (κ3) is 3.72. The van der Waals surface area contributed by atoms with E-state index in [0.717, 1.165) is 11.1 Å². The number of methoxy groups -OCH3 is 2. The predicted molar refractivity (Wildman–Crippen MR) is 84.1 cm³/mol. The number of rotatable bonds is 5. The van der Waals surface area contributed by atoms with Crippen molar-refractivity contribution in [3.8, 4) is 11.5 Å². The lowest BCUT2D eigenvalue weighted by atomic mass is 10.1. The van der Waals surface area contributed by atoms with E-state index in [9.17, 15) is 4.79 Å². The number of ether oxygens (including phenoxy) is 2. The molecule has 0 spiro atoms. The summed E-state index contributed by atoms with van der Waals surface area (Å²) >= 11 is 0. The number of benzene rings is 2. The monoisotopic (exact) mass is 282 g/mol. The summed E-state index contributed by atoms with van der Waals surface area (Å²) in [6, 6.07) is 13.1. The van der Waals surface area contributed by atoms with Gasteiger partial charge < -0.3 is 9.47 Å². The van der Waals surface area contributed by atoms with Crippen molar-refractivity contribution in [1.29, 1.82) is 0 Å². The molecule has 2 rings (SSSR count). The number of carbonyl (C=O) groups excluding carboxylic acids is 1. The topological polar surface area (TPSA) is 35.5 Å². The van der Waals surface area contributed by atoms with Gasteiger partial charge in [-0.05, 0) is 36.8 Å². The van der Waals surface area contributed by atoms with E-state index < -0.39 is 0 Å². The zero-order valence-corrected chi connectivity index (χ0v) is 12.4. The third-order valence-corrected chi connectivity index (χ3v) is 3.14. The molecule has 108 valence electrons. The van der Waals surface area contributed by atoms with E-state index in [1.54, 1.807) is 44.6 Å². The SMILES string of the molecule is COc1ccc(OC)c(C(=O)C=Cc2cccc(C)c2)c1. The van der Waals surface area contributed by atoms with Gasteiger partial charge in [-0.1, -0.05) is 35.9 Å². The quantitative estimate of drug-likeness (QED) is 0.616. The first-order valence-electron chi connectivity index (χ1n) is 6.65. The van der Waals surface area contributed by atoms with Crippen molar-refractivity contribution < 1.29 is 14.3 Å². The van der Waals surface area contributed by atoms with Crippen molar-refractivity contribution in [3.63, 3.8) is 0 Å². The van der Waals surface area contributed by atoms with Crippen LogP contribution >= 0.6 is 0 Å². The molecular formula is C18H18O3. The molecular weight excluding hydrogens is 264 g/mol. The fourth-order valence-electron chi connectivity index (χ4n) is 2.04. The van der Waals surface area contributed by atoms with Crippen molar-refractivity contribution in [3.05, 3.63) is 65.2 Å². The van der Waals surface area contributed by atoms with Gasteiger partial charge in [0.2, 0.25) is 0 Å². The molecule has 3 heteroatoms. The summed E-state index contributed by atoms with van der Waals surface area (Å²) in [6.07, 6.45) is 3.35. The molecule has 0 unspecified atom stereocenters. The standard InChI is InChI=1S/C18H18O3/c1-13-5-4-6-14(11-13)7-9-17(19)16-12-15(20-2)8-10-18(16)21-3/h4-12H,1-3H3. The van der Waals surface area contributed by atoms with Crippen LogP contribution in [0.15, 0.2) is 48.5 Å². The molecule has 21 heavy (non-hydrogen) atoms. The number of hydrogen-bond donors (Lipinski definition) is 0. The van der Waals surface area contributed by atoms with Gasteiger partial charge in [0.25, 0.3) is 0 Å². The maximum Gasteiger partial charge on any atom is 0.189 e. The molecule has 0 amide bonds. The second-order valence-electron chi connectivity index (χ2n) is 4.68. The molecule has 2 aromatic rings. The van der Waals surface area contributed by atoms with Crippen molar-refractivity contribution in [2.75, 3.05) is 14.2 Å². The molecule has 0 aliphatic carbocycles. The molecule has 0 radical (unpaired) electrons. The molecule has 0 saturated heterocycles. The summed E-state index contributed by atoms with van der Waals surface area (Å²) in [5, 5.41) is 0. The largest absolute Gasteiger partial charge is 0.497 e. The van der Waals surface area contributed by atoms with Crippen LogP contribution in [0.1, 0.15) is 21.5 Å². The highest BCUT2D eigenvalue weighted by Crippen LogP contribution is 2.24. The zero-order chi connectivity index (χ0) is 15.2. The van der Waals surface area contributed by atoms with Crippen LogP contribution in [0.4, 0.5) is 0 Å². The lowest BCUT2D eigenvalue weighted by molar-refractivity contribution is 0.104. The Kier molecular flexibility index (Phi) is 4.77. The molecule has 0 fully saturated rings. The van der Waals surface area contributed by atoms with Crippen LogP contribution in [0, 0.1) is 6.92 Å². The summed E-state index contributed by atoms with van der Waals surface area (Å²) < 4.78 is 10.4. The van der Waals surface area contributed by atoms with Gasteiger partial charge in [0.05, 0.1) is 19.8 Å². The van der Waals surface area contributed by atoms with Crippen molar-refractivity contribution in [1.82, 2.24) is 0 Å². The first-order valence-corrected chi connectivity index (χ1v) is 6.65. The maximum absolute atomic E-state index is 12.3. The van der Waals surface area contributed by atoms with E-state index >= 15 is 0 Å². The molecule has 0 aliphatic rings. The minimum absolute atomic E-state index is 0.118. The Labute approximate surface area is 124 Å². The fourth-order valence-corrected chi connectivity index (χ4v) is 2.04. The van der Waals surface area contributed by atoms with Crippen molar-refractivity contribution in [2.45, 2.75) is 6.92 Å². The molecule has 0 aliphatic heterocycles. The highest BCUT2D eigenvalue weighted by atomic mass is 16.5. The fraction of sp³-hybridized carbons (Fsp3) is 0.167. The van der Waals surface area contributed by atoms with Gasteiger partial charge in [0, 0.05) is 0 Å². The summed E-state index contributed by atoms with van der Waals surface area (Å²) in [5.74, 6) is 1.05. The Hall–Kier alpha value is -2.55. The molecule has 0 atom stereocenters. The third-order valence-electron chi connectivity index (χ3n) is 3.14. The average molecular weight is 282 g/mol. The Morgan fingerprint density at radius 2 is 1.86 bits per heavy atom. The first-order chi connectivity index (χ1) is 10.1. The van der Waals surface area contributed by atoms with Gasteiger partial charge in [0.1, 0.15) is 11.5 Å². The maximum atomic E-state index is 12.3. The Morgan fingerprint density at radius 1 is 1.05 bits per heavy atom. The van der Waals surface area contributed by atoms with Crippen LogP contribution in [-0.4, -0.2) is 20.0 Å². The van der Waals surface area contributed by atoms with Crippen molar-refractivity contribution in [2.24, 2.45) is 0 Å². The van der Waals surface area contributed by atoms with Crippen LogP contribution < -0.4 is 9.47 Å². The average Bonchev–Trinajstić information content (AvgIpc) is 2.52. The highest BCUT2D eigenvalue weighted by Gasteiger charge is 2.11. The predicted octanol–water partition coefficient (Wildman–Crippen LogP) is 3.91. The number of hydrogen-bond acceptors (Lipinski definition) is 3. The summed E-state index contributed by atoms with van der Waals surface area (Å²) in [7, 11) is 3.11. The van der Waals surface area contributed by atoms with Crippen LogP contribution in [0.2, 0.25) is 0 Å². The van der Waals surface area contributed by atoms with Crippen LogP contribution in [0.3, 0.4) is 0 Å². The van der Waals surface area contributed by atoms with Crippen LogP contribution in [0.5, 0.6) is 11.5 Å². The van der Waals surface area contributed by atoms with E-state index in [4.69, 9.17) is 9.47 Å². The molecule has 0 saturated carbocycles. The molecule has 3 nitrogen and oxygen atoms in total. The van der Waals surface area contributed by atoms with Gasteiger partial charge in [0.15, 0.2) is 5.78 Å². The minimum atomic E-state index is -0.118. The van der Waals surface area contributed by atoms with Crippen LogP contribution in [0.25, 0.3) is 6.08 Å². The van der Waals surface area contributed by atoms with E-state index in [1.807, 2.05) is 31.2 Å². The van der Waals surface area contributed by atoms with Crippen LogP contribution in [-0.2, 0) is 0 Å². The van der Waals surface area contributed by atoms with Gasteiger partial charge in [-0.3, -0.25) is 4.79 Å². The van der Waals surface area contributed by atoms with E-state index in [2.05, 4.69) is 0 Å². The number of ketones is 1. The normalized spacial score (nSPS) is 10.6. The van der Waals surface area contributed by atoms with E-state index in [-0.39, 0.29) is 5.78 Å². The summed E-state index contributed by atoms with van der Waals surface area (Å²) in [5.41, 5.74) is 2.63. The summed E-state index contributed by atoms with van der Waals surface area (Å²) in [6.45, 7) is 2.02. The minimum Gasteiger partial charge on any atom is -0.497 e. The Balaban J connectivity index is 2.27. The molecule has 0 aromatic heterocycles. The van der Waals surface area contributed by atoms with Gasteiger partial charge in [-0.2, -0.15) is 0 Å². The smallest absolute Gasteiger partial charge is 0.189 e.